The monoisotopic (exact) mass is 233 g/mol. The lowest BCUT2D eigenvalue weighted by Crippen LogP contribution is -2.06. The van der Waals surface area contributed by atoms with Gasteiger partial charge in [-0.05, 0) is 44.2 Å². The number of aromatic nitrogens is 1. The summed E-state index contributed by atoms with van der Waals surface area (Å²) in [5.41, 5.74) is 1.77. The summed E-state index contributed by atoms with van der Waals surface area (Å²) in [6.45, 7) is 2.84. The molecule has 1 aromatic heterocycles. The minimum absolute atomic E-state index is 0.194. The van der Waals surface area contributed by atoms with Gasteiger partial charge < -0.3 is 4.74 Å². The molecule has 1 atom stereocenters. The molecule has 0 saturated carbocycles. The first-order valence-electron chi connectivity index (χ1n) is 6.32. The molecule has 1 aromatic rings. The van der Waals surface area contributed by atoms with Crippen molar-refractivity contribution in [2.24, 2.45) is 0 Å². The molecule has 0 spiro atoms. The van der Waals surface area contributed by atoms with Gasteiger partial charge in [0.2, 0.25) is 0 Å². The summed E-state index contributed by atoms with van der Waals surface area (Å²) in [5, 5.41) is 0. The van der Waals surface area contributed by atoms with Crippen LogP contribution in [0.2, 0.25) is 0 Å². The highest BCUT2D eigenvalue weighted by Crippen LogP contribution is 2.18. The van der Waals surface area contributed by atoms with Gasteiger partial charge >= 0.3 is 0 Å². The smallest absolute Gasteiger partial charge is 0.164 e. The van der Waals surface area contributed by atoms with Crippen LogP contribution in [0, 0.1) is 6.92 Å². The lowest BCUT2D eigenvalue weighted by Gasteiger charge is -2.08. The van der Waals surface area contributed by atoms with Gasteiger partial charge in [-0.1, -0.05) is 0 Å². The molecule has 1 saturated heterocycles. The van der Waals surface area contributed by atoms with Crippen molar-refractivity contribution in [2.75, 3.05) is 6.61 Å². The number of rotatable bonds is 5. The molecule has 2 heterocycles. The lowest BCUT2D eigenvalue weighted by molar-refractivity contribution is 0.0922. The quantitative estimate of drug-likeness (QED) is 0.734. The first-order chi connectivity index (χ1) is 8.25. The molecule has 0 aromatic carbocycles. The van der Waals surface area contributed by atoms with Gasteiger partial charge in [0.25, 0.3) is 0 Å². The van der Waals surface area contributed by atoms with Crippen molar-refractivity contribution >= 4 is 5.78 Å². The molecule has 92 valence electrons. The van der Waals surface area contributed by atoms with Crippen LogP contribution in [0.1, 0.15) is 48.0 Å². The fourth-order valence-corrected chi connectivity index (χ4v) is 2.21. The molecule has 1 fully saturated rings. The van der Waals surface area contributed by atoms with E-state index in [2.05, 4.69) is 4.98 Å². The van der Waals surface area contributed by atoms with Gasteiger partial charge in [0.15, 0.2) is 5.78 Å². The van der Waals surface area contributed by atoms with Crippen molar-refractivity contribution in [3.8, 4) is 0 Å². The number of aryl methyl sites for hydroxylation is 1. The Kier molecular flexibility index (Phi) is 4.26. The Labute approximate surface area is 102 Å². The second-order valence-electron chi connectivity index (χ2n) is 4.70. The Morgan fingerprint density at radius 1 is 1.53 bits per heavy atom. The molecule has 0 amide bonds. The standard InChI is InChI=1S/C14H19NO2/c1-11-8-12(10-15-9-11)14(16)6-2-4-13-5-3-7-17-13/h8-10,13H,2-7H2,1H3. The van der Waals surface area contributed by atoms with E-state index in [9.17, 15) is 4.79 Å². The Bertz CT molecular complexity index is 384. The maximum absolute atomic E-state index is 11.9. The summed E-state index contributed by atoms with van der Waals surface area (Å²) in [6, 6.07) is 1.90. The first-order valence-corrected chi connectivity index (χ1v) is 6.32. The number of pyridine rings is 1. The van der Waals surface area contributed by atoms with Crippen LogP contribution in [0.3, 0.4) is 0 Å². The van der Waals surface area contributed by atoms with Gasteiger partial charge in [0.1, 0.15) is 0 Å². The Morgan fingerprint density at radius 3 is 3.12 bits per heavy atom. The van der Waals surface area contributed by atoms with Crippen LogP contribution < -0.4 is 0 Å². The molecular formula is C14H19NO2. The number of hydrogen-bond donors (Lipinski definition) is 0. The maximum atomic E-state index is 11.9. The SMILES string of the molecule is Cc1cncc(C(=O)CCCC2CCCO2)c1. The van der Waals surface area contributed by atoms with Crippen molar-refractivity contribution in [1.29, 1.82) is 0 Å². The Hall–Kier alpha value is -1.22. The van der Waals surface area contributed by atoms with Gasteiger partial charge in [-0.25, -0.2) is 0 Å². The third kappa shape index (κ3) is 3.63. The number of nitrogens with zero attached hydrogens (tertiary/aromatic N) is 1. The summed E-state index contributed by atoms with van der Waals surface area (Å²) >= 11 is 0. The van der Waals surface area contributed by atoms with Crippen LogP contribution in [0.4, 0.5) is 0 Å². The van der Waals surface area contributed by atoms with E-state index in [4.69, 9.17) is 4.74 Å². The summed E-state index contributed by atoms with van der Waals surface area (Å²) < 4.78 is 5.54. The number of ether oxygens (including phenoxy) is 1. The Morgan fingerprint density at radius 2 is 2.41 bits per heavy atom. The normalized spacial score (nSPS) is 19.5. The van der Waals surface area contributed by atoms with Crippen molar-refractivity contribution in [2.45, 2.75) is 45.1 Å². The van der Waals surface area contributed by atoms with Crippen LogP contribution >= 0.6 is 0 Å². The molecule has 2 rings (SSSR count). The average Bonchev–Trinajstić information content (AvgIpc) is 2.82. The predicted molar refractivity (Wildman–Crippen MR) is 66.1 cm³/mol. The molecule has 17 heavy (non-hydrogen) atoms. The second-order valence-corrected chi connectivity index (χ2v) is 4.70. The maximum Gasteiger partial charge on any atom is 0.164 e. The molecule has 3 heteroatoms. The van der Waals surface area contributed by atoms with E-state index in [1.165, 1.54) is 6.42 Å². The van der Waals surface area contributed by atoms with Gasteiger partial charge in [-0.2, -0.15) is 0 Å². The van der Waals surface area contributed by atoms with E-state index < -0.39 is 0 Å². The molecule has 0 aliphatic carbocycles. The second kappa shape index (κ2) is 5.92. The van der Waals surface area contributed by atoms with Gasteiger partial charge in [0.05, 0.1) is 6.10 Å². The largest absolute Gasteiger partial charge is 0.378 e. The lowest BCUT2D eigenvalue weighted by atomic mass is 10.0. The van der Waals surface area contributed by atoms with E-state index in [0.717, 1.165) is 37.0 Å². The minimum Gasteiger partial charge on any atom is -0.378 e. The van der Waals surface area contributed by atoms with E-state index in [0.29, 0.717) is 12.5 Å². The topological polar surface area (TPSA) is 39.2 Å². The van der Waals surface area contributed by atoms with E-state index >= 15 is 0 Å². The number of ketones is 1. The van der Waals surface area contributed by atoms with Crippen molar-refractivity contribution in [1.82, 2.24) is 4.98 Å². The highest BCUT2D eigenvalue weighted by atomic mass is 16.5. The molecule has 0 bridgehead atoms. The van der Waals surface area contributed by atoms with Crippen molar-refractivity contribution < 1.29 is 9.53 Å². The fourth-order valence-electron chi connectivity index (χ4n) is 2.21. The molecule has 0 radical (unpaired) electrons. The van der Waals surface area contributed by atoms with E-state index in [-0.39, 0.29) is 5.78 Å². The third-order valence-corrected chi connectivity index (χ3v) is 3.15. The summed E-state index contributed by atoms with van der Waals surface area (Å²) in [6.07, 6.45) is 8.65. The van der Waals surface area contributed by atoms with Gasteiger partial charge in [-0.3, -0.25) is 9.78 Å². The minimum atomic E-state index is 0.194. The third-order valence-electron chi connectivity index (χ3n) is 3.15. The number of carbonyl (C=O) groups is 1. The van der Waals surface area contributed by atoms with Gasteiger partial charge in [-0.15, -0.1) is 0 Å². The molecule has 0 N–H and O–H groups in total. The molecule has 1 aliphatic rings. The zero-order valence-corrected chi connectivity index (χ0v) is 10.3. The Balaban J connectivity index is 1.77. The van der Waals surface area contributed by atoms with Crippen LogP contribution in [-0.2, 0) is 4.74 Å². The zero-order valence-electron chi connectivity index (χ0n) is 10.3. The molecule has 1 aliphatic heterocycles. The van der Waals surface area contributed by atoms with Crippen LogP contribution in [0.15, 0.2) is 18.5 Å². The number of carbonyl (C=O) groups excluding carboxylic acids is 1. The number of hydrogen-bond acceptors (Lipinski definition) is 3. The summed E-state index contributed by atoms with van der Waals surface area (Å²) in [5.74, 6) is 0.194. The van der Waals surface area contributed by atoms with E-state index in [1.54, 1.807) is 12.4 Å². The highest BCUT2D eigenvalue weighted by Gasteiger charge is 2.15. The molecular weight excluding hydrogens is 214 g/mol. The van der Waals surface area contributed by atoms with Crippen LogP contribution in [0.5, 0.6) is 0 Å². The zero-order chi connectivity index (χ0) is 12.1. The van der Waals surface area contributed by atoms with Crippen molar-refractivity contribution in [3.63, 3.8) is 0 Å². The highest BCUT2D eigenvalue weighted by molar-refractivity contribution is 5.95. The van der Waals surface area contributed by atoms with Crippen molar-refractivity contribution in [3.05, 3.63) is 29.6 Å². The summed E-state index contributed by atoms with van der Waals surface area (Å²) in [4.78, 5) is 15.9. The van der Waals surface area contributed by atoms with Crippen LogP contribution in [-0.4, -0.2) is 23.5 Å². The summed E-state index contributed by atoms with van der Waals surface area (Å²) in [7, 11) is 0. The fraction of sp³-hybridized carbons (Fsp3) is 0.571. The molecule has 3 nitrogen and oxygen atoms in total. The first kappa shape index (κ1) is 12.2. The predicted octanol–water partition coefficient (Wildman–Crippen LogP) is 2.92. The average molecular weight is 233 g/mol. The van der Waals surface area contributed by atoms with Gasteiger partial charge in [0, 0.05) is 31.0 Å². The van der Waals surface area contributed by atoms with E-state index in [1.807, 2.05) is 13.0 Å². The number of Topliss-reactive ketones (excluding diaryl/α,β-unsaturated/α-hetero) is 1. The molecule has 1 unspecified atom stereocenters. The van der Waals surface area contributed by atoms with Crippen LogP contribution in [0.25, 0.3) is 0 Å².